The summed E-state index contributed by atoms with van der Waals surface area (Å²) in [6, 6.07) is 16.0. The number of benzene rings is 2. The average molecular weight is 498 g/mol. The van der Waals surface area contributed by atoms with Gasteiger partial charge in [0, 0.05) is 20.5 Å². The molecule has 0 aliphatic heterocycles. The van der Waals surface area contributed by atoms with Gasteiger partial charge in [0.1, 0.15) is 0 Å². The molecule has 0 aliphatic carbocycles. The fourth-order valence-electron chi connectivity index (χ4n) is 2.75. The van der Waals surface area contributed by atoms with Gasteiger partial charge in [-0.3, -0.25) is 9.59 Å². The van der Waals surface area contributed by atoms with Crippen LogP contribution < -0.4 is 11.1 Å². The Labute approximate surface area is 195 Å². The molecule has 0 saturated heterocycles. The molecule has 0 bridgehead atoms. The summed E-state index contributed by atoms with van der Waals surface area (Å²) in [5.74, 6) is 0. The molecule has 170 valence electrons. The summed E-state index contributed by atoms with van der Waals surface area (Å²) in [6.45, 7) is 0. The monoisotopic (exact) mass is 498 g/mol. The fourth-order valence-corrected chi connectivity index (χ4v) is 4.56. The summed E-state index contributed by atoms with van der Waals surface area (Å²) in [4.78, 5) is 48.5. The predicted molar refractivity (Wildman–Crippen MR) is 120 cm³/mol. The maximum Gasteiger partial charge on any atom is 0.343 e. The molecule has 0 saturated carbocycles. The minimum Gasteiger partial charge on any atom is -0.260 e. The zero-order chi connectivity index (χ0) is 24.2. The van der Waals surface area contributed by atoms with Gasteiger partial charge >= 0.3 is 11.1 Å². The van der Waals surface area contributed by atoms with Gasteiger partial charge in [0.2, 0.25) is 0 Å². The second-order valence-electron chi connectivity index (χ2n) is 6.27. The summed E-state index contributed by atoms with van der Waals surface area (Å²) >= 11 is 0. The topological polar surface area (TPSA) is 182 Å². The highest BCUT2D eigenvalue weighted by Gasteiger charge is 2.26. The van der Waals surface area contributed by atoms with Crippen molar-refractivity contribution in [3.8, 4) is 22.5 Å². The summed E-state index contributed by atoms with van der Waals surface area (Å²) in [6.07, 6.45) is 0. The third-order valence-corrected chi connectivity index (χ3v) is 6.27. The lowest BCUT2D eigenvalue weighted by atomic mass is 10.2. The highest BCUT2D eigenvalue weighted by Crippen LogP contribution is 2.34. The molecular weight excluding hydrogens is 488 g/mol. The summed E-state index contributed by atoms with van der Waals surface area (Å²) in [5, 5.41) is 35.1. The van der Waals surface area contributed by atoms with Gasteiger partial charge in [-0.15, -0.1) is 20.4 Å². The maximum atomic E-state index is 12.7. The Kier molecular flexibility index (Phi) is 6.42. The lowest BCUT2D eigenvalue weighted by Gasteiger charge is -2.06. The van der Waals surface area contributed by atoms with Crippen LogP contribution in [0.3, 0.4) is 0 Å². The van der Waals surface area contributed by atoms with Crippen LogP contribution in [0.2, 0.25) is 0 Å². The molecule has 0 radical (unpaired) electrons. The molecular formula is C18H10N8O6S2. The number of hydrogen-bond acceptors (Lipinski definition) is 12. The maximum absolute atomic E-state index is 12.7. The van der Waals surface area contributed by atoms with Crippen LogP contribution in [-0.4, -0.2) is 39.8 Å². The number of rotatable bonds is 7. The van der Waals surface area contributed by atoms with Crippen LogP contribution in [0.4, 0.5) is 0 Å². The van der Waals surface area contributed by atoms with E-state index in [1.165, 1.54) is 24.3 Å². The molecule has 34 heavy (non-hydrogen) atoms. The van der Waals surface area contributed by atoms with Crippen LogP contribution in [0.5, 0.6) is 0 Å². The van der Waals surface area contributed by atoms with Crippen LogP contribution >= 0.6 is 21.6 Å². The van der Waals surface area contributed by atoms with Crippen molar-refractivity contribution >= 4 is 21.6 Å². The van der Waals surface area contributed by atoms with E-state index in [4.69, 9.17) is 0 Å². The first-order valence-corrected chi connectivity index (χ1v) is 11.3. The molecule has 4 rings (SSSR count). The van der Waals surface area contributed by atoms with Crippen molar-refractivity contribution in [3.63, 3.8) is 0 Å². The molecule has 4 aromatic rings. The summed E-state index contributed by atoms with van der Waals surface area (Å²) in [7, 11) is 0.972. The minimum atomic E-state index is -1.05. The number of nitrogens with zero attached hydrogens (tertiary/aromatic N) is 8. The Balaban J connectivity index is 1.71. The van der Waals surface area contributed by atoms with Gasteiger partial charge in [0.05, 0.1) is 0 Å². The van der Waals surface area contributed by atoms with Crippen LogP contribution in [0.15, 0.2) is 80.6 Å². The standard InChI is InChI=1S/C18H10N8O6S2/c27-15-13(11-7-3-1-4-8-11)19-21-17(23(15)25(29)30)33-34-18-22-20-14(12-9-5-2-6-10-12)16(28)24(18)26(31)32/h1-10H. The largest absolute Gasteiger partial charge is 0.343 e. The van der Waals surface area contributed by atoms with Crippen molar-refractivity contribution < 1.29 is 10.1 Å². The van der Waals surface area contributed by atoms with Gasteiger partial charge < -0.3 is 0 Å². The predicted octanol–water partition coefficient (Wildman–Crippen LogP) is 1.80. The van der Waals surface area contributed by atoms with Crippen molar-refractivity contribution in [2.75, 3.05) is 0 Å². The quantitative estimate of drug-likeness (QED) is 0.205. The first-order chi connectivity index (χ1) is 16.4. The van der Waals surface area contributed by atoms with Gasteiger partial charge in [-0.2, -0.15) is 0 Å². The smallest absolute Gasteiger partial charge is 0.260 e. The number of nitro groups is 2. The number of aromatic nitrogens is 6. The first kappa shape index (κ1) is 22.7. The Morgan fingerprint density at radius 3 is 1.29 bits per heavy atom. The van der Waals surface area contributed by atoms with E-state index >= 15 is 0 Å². The third kappa shape index (κ3) is 4.39. The van der Waals surface area contributed by atoms with Gasteiger partial charge in [-0.1, -0.05) is 60.7 Å². The molecule has 0 amide bonds. The second-order valence-corrected chi connectivity index (χ2v) is 8.33. The average Bonchev–Trinajstić information content (AvgIpc) is 2.83. The normalized spacial score (nSPS) is 10.7. The molecule has 0 unspecified atom stereocenters. The zero-order valence-electron chi connectivity index (χ0n) is 16.6. The Bertz CT molecular complexity index is 1400. The molecule has 0 atom stereocenters. The number of hydrogen-bond donors (Lipinski definition) is 0. The minimum absolute atomic E-state index is 0.160. The molecule has 16 heteroatoms. The van der Waals surface area contributed by atoms with E-state index in [1.54, 1.807) is 36.4 Å². The van der Waals surface area contributed by atoms with E-state index in [-0.39, 0.29) is 20.7 Å². The van der Waals surface area contributed by atoms with Crippen LogP contribution in [-0.2, 0) is 0 Å². The molecule has 0 spiro atoms. The Morgan fingerprint density at radius 1 is 0.618 bits per heavy atom. The summed E-state index contributed by atoms with van der Waals surface area (Å²) in [5.41, 5.74) is -1.95. The van der Waals surface area contributed by atoms with Crippen LogP contribution in [0, 0.1) is 20.2 Å². The molecule has 0 N–H and O–H groups in total. The van der Waals surface area contributed by atoms with Crippen molar-refractivity contribution in [1.82, 2.24) is 29.7 Å². The van der Waals surface area contributed by atoms with Crippen LogP contribution in [0.25, 0.3) is 22.5 Å². The molecule has 0 aliphatic rings. The van der Waals surface area contributed by atoms with E-state index in [9.17, 15) is 29.8 Å². The Morgan fingerprint density at radius 2 is 0.971 bits per heavy atom. The molecule has 14 nitrogen and oxygen atoms in total. The summed E-state index contributed by atoms with van der Waals surface area (Å²) < 4.78 is 0.320. The van der Waals surface area contributed by atoms with Gasteiger partial charge in [0.25, 0.3) is 10.3 Å². The highest BCUT2D eigenvalue weighted by atomic mass is 33.1. The van der Waals surface area contributed by atoms with Gasteiger partial charge in [-0.05, 0) is 21.6 Å². The van der Waals surface area contributed by atoms with E-state index < -0.39 is 31.5 Å². The van der Waals surface area contributed by atoms with Gasteiger partial charge in [-0.25, -0.2) is 20.2 Å². The van der Waals surface area contributed by atoms with Crippen molar-refractivity contribution in [3.05, 3.63) is 102 Å². The molecule has 2 heterocycles. The van der Waals surface area contributed by atoms with E-state index in [2.05, 4.69) is 20.4 Å². The van der Waals surface area contributed by atoms with E-state index in [1.807, 2.05) is 0 Å². The van der Waals surface area contributed by atoms with Gasteiger partial charge in [0.15, 0.2) is 21.5 Å². The lowest BCUT2D eigenvalue weighted by Crippen LogP contribution is -2.31. The fraction of sp³-hybridized carbons (Fsp3) is 0. The van der Waals surface area contributed by atoms with Crippen molar-refractivity contribution in [2.24, 2.45) is 0 Å². The van der Waals surface area contributed by atoms with E-state index in [0.717, 1.165) is 0 Å². The molecule has 2 aromatic carbocycles. The third-order valence-electron chi connectivity index (χ3n) is 4.24. The van der Waals surface area contributed by atoms with Crippen LogP contribution in [0.1, 0.15) is 0 Å². The van der Waals surface area contributed by atoms with Crippen molar-refractivity contribution in [2.45, 2.75) is 10.3 Å². The van der Waals surface area contributed by atoms with Crippen molar-refractivity contribution in [1.29, 1.82) is 0 Å². The SMILES string of the molecule is O=c1c(-c2ccccc2)nnc(SSc2nnc(-c3ccccc3)c(=O)n2[N+](=O)[O-])n1[N+](=O)[O-]. The first-order valence-electron chi connectivity index (χ1n) is 9.12. The lowest BCUT2D eigenvalue weighted by molar-refractivity contribution is -0.553. The zero-order valence-corrected chi connectivity index (χ0v) is 18.3. The second kappa shape index (κ2) is 9.59. The highest BCUT2D eigenvalue weighted by molar-refractivity contribution is 8.76. The Hall–Kier alpha value is -4.44. The molecule has 0 fully saturated rings. The van der Waals surface area contributed by atoms with E-state index in [0.29, 0.717) is 32.7 Å². The molecule has 2 aromatic heterocycles.